The molecule has 0 amide bonds. The van der Waals surface area contributed by atoms with Gasteiger partial charge in [0.15, 0.2) is 0 Å². The van der Waals surface area contributed by atoms with E-state index in [-0.39, 0.29) is 0 Å². The standard InChI is InChI=1S/C19H29N.C3H6.C2H6/c1-14(2)13-15(3)11-12-20-18(6)17(5)19-10-8-7-9-16(19)4;1-3-2;1-2/h7-10,14,18,20H,3,5,11-13H2,1-2,4,6H3;3H,1H2,2H3;1-2H3. The number of allylic oxidation sites excluding steroid dienone is 1. The van der Waals surface area contributed by atoms with Crippen LogP contribution in [-0.2, 0) is 0 Å². The van der Waals surface area contributed by atoms with Crippen LogP contribution in [0.5, 0.6) is 0 Å². The van der Waals surface area contributed by atoms with E-state index in [1.807, 2.05) is 20.8 Å². The van der Waals surface area contributed by atoms with Crippen molar-refractivity contribution in [2.45, 2.75) is 67.3 Å². The van der Waals surface area contributed by atoms with E-state index in [2.05, 4.69) is 77.0 Å². The summed E-state index contributed by atoms with van der Waals surface area (Å²) in [5.74, 6) is 0.696. The maximum absolute atomic E-state index is 4.25. The third kappa shape index (κ3) is 12.4. The molecule has 1 unspecified atom stereocenters. The number of nitrogens with one attached hydrogen (secondary N) is 1. The van der Waals surface area contributed by atoms with Crippen molar-refractivity contribution in [3.8, 4) is 0 Å². The molecule has 0 saturated heterocycles. The van der Waals surface area contributed by atoms with Gasteiger partial charge < -0.3 is 5.32 Å². The highest BCUT2D eigenvalue weighted by atomic mass is 14.9. The second-order valence-corrected chi connectivity index (χ2v) is 6.52. The minimum absolute atomic E-state index is 0.294. The zero-order valence-corrected chi connectivity index (χ0v) is 17.8. The normalized spacial score (nSPS) is 10.7. The first-order chi connectivity index (χ1) is 11.8. The molecule has 25 heavy (non-hydrogen) atoms. The maximum Gasteiger partial charge on any atom is 0.0292 e. The molecule has 1 nitrogen and oxygen atoms in total. The summed E-state index contributed by atoms with van der Waals surface area (Å²) in [6.07, 6.45) is 3.92. The van der Waals surface area contributed by atoms with Crippen LogP contribution in [0.25, 0.3) is 5.57 Å². The van der Waals surface area contributed by atoms with E-state index in [0.29, 0.717) is 12.0 Å². The highest BCUT2D eigenvalue weighted by Gasteiger charge is 2.10. The summed E-state index contributed by atoms with van der Waals surface area (Å²) < 4.78 is 0. The zero-order valence-electron chi connectivity index (χ0n) is 17.8. The molecule has 0 aromatic heterocycles. The van der Waals surface area contributed by atoms with Crippen LogP contribution in [0.3, 0.4) is 0 Å². The smallest absolute Gasteiger partial charge is 0.0292 e. The van der Waals surface area contributed by atoms with Gasteiger partial charge in [0, 0.05) is 6.04 Å². The molecule has 1 aromatic carbocycles. The van der Waals surface area contributed by atoms with Crippen molar-refractivity contribution in [1.82, 2.24) is 5.32 Å². The average molecular weight is 344 g/mol. The monoisotopic (exact) mass is 343 g/mol. The van der Waals surface area contributed by atoms with Gasteiger partial charge in [-0.1, -0.05) is 76.8 Å². The van der Waals surface area contributed by atoms with Crippen LogP contribution in [0.4, 0.5) is 0 Å². The highest BCUT2D eigenvalue weighted by Crippen LogP contribution is 2.20. The lowest BCUT2D eigenvalue weighted by atomic mass is 9.96. The lowest BCUT2D eigenvalue weighted by Gasteiger charge is -2.19. The molecule has 0 radical (unpaired) electrons. The Labute approximate surface area is 157 Å². The van der Waals surface area contributed by atoms with Crippen molar-refractivity contribution in [2.75, 3.05) is 6.54 Å². The van der Waals surface area contributed by atoms with E-state index in [4.69, 9.17) is 0 Å². The molecule has 0 aliphatic heterocycles. The molecular formula is C24H41N. The van der Waals surface area contributed by atoms with Crippen molar-refractivity contribution in [3.05, 3.63) is 66.8 Å². The maximum atomic E-state index is 4.25. The molecule has 1 heteroatoms. The summed E-state index contributed by atoms with van der Waals surface area (Å²) in [6.45, 7) is 27.4. The van der Waals surface area contributed by atoms with Gasteiger partial charge in [0.1, 0.15) is 0 Å². The van der Waals surface area contributed by atoms with Crippen LogP contribution < -0.4 is 5.32 Å². The Morgan fingerprint density at radius 3 is 2.12 bits per heavy atom. The molecule has 0 aliphatic rings. The highest BCUT2D eigenvalue weighted by molar-refractivity contribution is 5.69. The minimum Gasteiger partial charge on any atom is -0.310 e. The topological polar surface area (TPSA) is 12.0 Å². The summed E-state index contributed by atoms with van der Waals surface area (Å²) in [4.78, 5) is 0. The van der Waals surface area contributed by atoms with Crippen LogP contribution in [-0.4, -0.2) is 12.6 Å². The van der Waals surface area contributed by atoms with Gasteiger partial charge in [-0.25, -0.2) is 0 Å². The van der Waals surface area contributed by atoms with E-state index in [1.165, 1.54) is 16.7 Å². The van der Waals surface area contributed by atoms with E-state index in [9.17, 15) is 0 Å². The number of hydrogen-bond donors (Lipinski definition) is 1. The molecule has 1 atom stereocenters. The first kappa shape index (κ1) is 25.6. The fraction of sp³-hybridized carbons (Fsp3) is 0.500. The Morgan fingerprint density at radius 2 is 1.64 bits per heavy atom. The van der Waals surface area contributed by atoms with Crippen molar-refractivity contribution >= 4 is 5.57 Å². The van der Waals surface area contributed by atoms with E-state index in [0.717, 1.165) is 25.0 Å². The third-order valence-electron chi connectivity index (χ3n) is 3.64. The van der Waals surface area contributed by atoms with Crippen molar-refractivity contribution in [2.24, 2.45) is 5.92 Å². The molecule has 0 heterocycles. The molecular weight excluding hydrogens is 302 g/mol. The first-order valence-corrected chi connectivity index (χ1v) is 9.55. The summed E-state index contributed by atoms with van der Waals surface area (Å²) in [5.41, 5.74) is 5.04. The fourth-order valence-corrected chi connectivity index (χ4v) is 2.43. The van der Waals surface area contributed by atoms with Gasteiger partial charge in [-0.15, -0.1) is 6.58 Å². The number of hydrogen-bond acceptors (Lipinski definition) is 1. The Balaban J connectivity index is 0. The number of benzene rings is 1. The van der Waals surface area contributed by atoms with Gasteiger partial charge in [-0.2, -0.15) is 0 Å². The van der Waals surface area contributed by atoms with Crippen molar-refractivity contribution in [1.29, 1.82) is 0 Å². The Bertz CT molecular complexity index is 497. The predicted molar refractivity (Wildman–Crippen MR) is 118 cm³/mol. The second-order valence-electron chi connectivity index (χ2n) is 6.52. The van der Waals surface area contributed by atoms with Crippen molar-refractivity contribution in [3.63, 3.8) is 0 Å². The molecule has 0 fully saturated rings. The lowest BCUT2D eigenvalue weighted by Crippen LogP contribution is -2.28. The molecule has 1 N–H and O–H groups in total. The van der Waals surface area contributed by atoms with Crippen LogP contribution in [0.2, 0.25) is 0 Å². The van der Waals surface area contributed by atoms with E-state index in [1.54, 1.807) is 6.08 Å². The van der Waals surface area contributed by atoms with Crippen LogP contribution in [0.1, 0.15) is 65.5 Å². The lowest BCUT2D eigenvalue weighted by molar-refractivity contribution is 0.594. The SMILES string of the molecule is C=C(CCNC(C)C(=C)c1ccccc1C)CC(C)C.C=CC.CC. The van der Waals surface area contributed by atoms with E-state index >= 15 is 0 Å². The summed E-state index contributed by atoms with van der Waals surface area (Å²) in [7, 11) is 0. The molecule has 142 valence electrons. The molecule has 1 aromatic rings. The average Bonchev–Trinajstić information content (AvgIpc) is 2.56. The van der Waals surface area contributed by atoms with Gasteiger partial charge in [-0.3, -0.25) is 0 Å². The van der Waals surface area contributed by atoms with Crippen molar-refractivity contribution < 1.29 is 0 Å². The van der Waals surface area contributed by atoms with Gasteiger partial charge in [0.2, 0.25) is 0 Å². The van der Waals surface area contributed by atoms with Gasteiger partial charge >= 0.3 is 0 Å². The Kier molecular flexibility index (Phi) is 16.3. The molecule has 0 saturated carbocycles. The molecule has 0 aliphatic carbocycles. The van der Waals surface area contributed by atoms with Crippen LogP contribution in [0.15, 0.2) is 55.7 Å². The summed E-state index contributed by atoms with van der Waals surface area (Å²) in [6, 6.07) is 8.72. The number of aryl methyl sites for hydroxylation is 1. The zero-order chi connectivity index (χ0) is 19.8. The summed E-state index contributed by atoms with van der Waals surface area (Å²) >= 11 is 0. The fourth-order valence-electron chi connectivity index (χ4n) is 2.43. The second kappa shape index (κ2) is 15.9. The molecule has 1 rings (SSSR count). The predicted octanol–water partition coefficient (Wildman–Crippen LogP) is 7.20. The third-order valence-corrected chi connectivity index (χ3v) is 3.64. The van der Waals surface area contributed by atoms with Crippen LogP contribution in [0, 0.1) is 12.8 Å². The minimum atomic E-state index is 0.294. The molecule has 0 bridgehead atoms. The van der Waals surface area contributed by atoms with E-state index < -0.39 is 0 Å². The van der Waals surface area contributed by atoms with Gasteiger partial charge in [-0.05, 0) is 62.8 Å². The Hall–Kier alpha value is -1.60. The molecule has 0 spiro atoms. The summed E-state index contributed by atoms with van der Waals surface area (Å²) in [5, 5.41) is 3.55. The first-order valence-electron chi connectivity index (χ1n) is 9.55. The van der Waals surface area contributed by atoms with Gasteiger partial charge in [0.25, 0.3) is 0 Å². The largest absolute Gasteiger partial charge is 0.310 e. The number of rotatable bonds is 8. The van der Waals surface area contributed by atoms with Crippen LogP contribution >= 0.6 is 0 Å². The Morgan fingerprint density at radius 1 is 1.12 bits per heavy atom. The van der Waals surface area contributed by atoms with Gasteiger partial charge in [0.05, 0.1) is 0 Å². The quantitative estimate of drug-likeness (QED) is 0.492.